The largest absolute Gasteiger partial charge is 0.464 e. The number of esters is 1. The summed E-state index contributed by atoms with van der Waals surface area (Å²) in [6.45, 7) is 2.45. The van der Waals surface area contributed by atoms with E-state index in [1.165, 1.54) is 7.11 Å². The summed E-state index contributed by atoms with van der Waals surface area (Å²) >= 11 is 0. The van der Waals surface area contributed by atoms with Gasteiger partial charge in [-0.3, -0.25) is 4.99 Å². The number of ether oxygens (including phenoxy) is 1. The van der Waals surface area contributed by atoms with Crippen LogP contribution in [-0.4, -0.2) is 25.3 Å². The molecular weight excluding hydrogens is 180 g/mol. The van der Waals surface area contributed by atoms with Gasteiger partial charge in [-0.15, -0.1) is 0 Å². The molecule has 0 aromatic heterocycles. The summed E-state index contributed by atoms with van der Waals surface area (Å²) in [7, 11) is 1.36. The lowest BCUT2D eigenvalue weighted by atomic mass is 10.1. The highest BCUT2D eigenvalue weighted by Gasteiger charge is 2.22. The smallest absolute Gasteiger partial charge is 0.356 e. The second-order valence-corrected chi connectivity index (χ2v) is 3.17. The molecule has 4 nitrogen and oxygen atoms in total. The van der Waals surface area contributed by atoms with Gasteiger partial charge in [0, 0.05) is 17.8 Å². The summed E-state index contributed by atoms with van der Waals surface area (Å²) in [5.74, 6) is -0.383. The van der Waals surface area contributed by atoms with E-state index in [2.05, 4.69) is 9.73 Å². The number of allylic oxidation sites excluding steroid dienone is 1. The van der Waals surface area contributed by atoms with Crippen LogP contribution in [-0.2, 0) is 9.53 Å². The molecule has 0 radical (unpaired) electrons. The van der Waals surface area contributed by atoms with E-state index in [0.29, 0.717) is 12.3 Å². The number of carbonyl (C=O) groups excluding carboxylic acids is 1. The molecule has 0 aliphatic heterocycles. The quantitative estimate of drug-likeness (QED) is 0.541. The van der Waals surface area contributed by atoms with E-state index in [9.17, 15) is 4.79 Å². The minimum absolute atomic E-state index is 0.383. The molecular formula is C10H16N2O2. The van der Waals surface area contributed by atoms with E-state index >= 15 is 0 Å². The van der Waals surface area contributed by atoms with Crippen molar-refractivity contribution in [2.24, 2.45) is 10.7 Å². The lowest BCUT2D eigenvalue weighted by Crippen LogP contribution is -2.20. The molecule has 0 amide bonds. The third kappa shape index (κ3) is 2.13. The van der Waals surface area contributed by atoms with Crippen LogP contribution in [0.4, 0.5) is 0 Å². The monoisotopic (exact) mass is 196 g/mol. The van der Waals surface area contributed by atoms with Gasteiger partial charge in [0.2, 0.25) is 0 Å². The Morgan fingerprint density at radius 3 is 2.71 bits per heavy atom. The molecule has 0 bridgehead atoms. The van der Waals surface area contributed by atoms with Crippen LogP contribution in [0.1, 0.15) is 26.2 Å². The van der Waals surface area contributed by atoms with Crippen molar-refractivity contribution in [1.82, 2.24) is 0 Å². The van der Waals surface area contributed by atoms with Gasteiger partial charge in [0.1, 0.15) is 5.71 Å². The molecule has 1 aliphatic rings. The number of hydrogen-bond acceptors (Lipinski definition) is 4. The number of nitrogens with zero attached hydrogens (tertiary/aromatic N) is 1. The molecule has 0 fully saturated rings. The fourth-order valence-electron chi connectivity index (χ4n) is 1.58. The Kier molecular flexibility index (Phi) is 3.68. The van der Waals surface area contributed by atoms with E-state index in [0.717, 1.165) is 30.5 Å². The summed E-state index contributed by atoms with van der Waals surface area (Å²) in [5.41, 5.74) is 7.86. The third-order valence-electron chi connectivity index (χ3n) is 2.24. The highest BCUT2D eigenvalue weighted by atomic mass is 16.5. The fraction of sp³-hybridized carbons (Fsp3) is 0.600. The Morgan fingerprint density at radius 1 is 1.57 bits per heavy atom. The second-order valence-electron chi connectivity index (χ2n) is 3.17. The van der Waals surface area contributed by atoms with Gasteiger partial charge in [-0.1, -0.05) is 0 Å². The maximum Gasteiger partial charge on any atom is 0.356 e. The van der Waals surface area contributed by atoms with Gasteiger partial charge in [0.05, 0.1) is 7.11 Å². The molecule has 0 aromatic rings. The van der Waals surface area contributed by atoms with Gasteiger partial charge in [0.25, 0.3) is 0 Å². The summed E-state index contributed by atoms with van der Waals surface area (Å²) in [5, 5.41) is 0. The van der Waals surface area contributed by atoms with Crippen LogP contribution in [0.5, 0.6) is 0 Å². The molecule has 0 saturated carbocycles. The molecule has 78 valence electrons. The normalized spacial score (nSPS) is 17.4. The van der Waals surface area contributed by atoms with E-state index in [4.69, 9.17) is 5.73 Å². The minimum atomic E-state index is -0.383. The molecule has 0 unspecified atom stereocenters. The number of rotatable bonds is 3. The van der Waals surface area contributed by atoms with Crippen LogP contribution in [0.25, 0.3) is 0 Å². The van der Waals surface area contributed by atoms with E-state index < -0.39 is 0 Å². The van der Waals surface area contributed by atoms with Gasteiger partial charge in [-0.25, -0.2) is 4.79 Å². The maximum absolute atomic E-state index is 11.4. The SMILES string of the molecule is CCN=C(C(=O)OC)C1=C(N)CCC1. The van der Waals surface area contributed by atoms with Crippen LogP contribution < -0.4 is 5.73 Å². The van der Waals surface area contributed by atoms with Gasteiger partial charge >= 0.3 is 5.97 Å². The number of aliphatic imine (C=N–C) groups is 1. The molecule has 0 spiro atoms. The topological polar surface area (TPSA) is 64.7 Å². The minimum Gasteiger partial charge on any atom is -0.464 e. The molecule has 14 heavy (non-hydrogen) atoms. The van der Waals surface area contributed by atoms with Crippen molar-refractivity contribution >= 4 is 11.7 Å². The molecule has 4 heteroatoms. The Bertz CT molecular complexity index is 292. The van der Waals surface area contributed by atoms with Crippen molar-refractivity contribution in [2.45, 2.75) is 26.2 Å². The molecule has 2 N–H and O–H groups in total. The predicted molar refractivity (Wildman–Crippen MR) is 55.1 cm³/mol. The zero-order chi connectivity index (χ0) is 10.6. The Labute approximate surface area is 83.8 Å². The van der Waals surface area contributed by atoms with Gasteiger partial charge in [-0.05, 0) is 26.2 Å². The van der Waals surface area contributed by atoms with Crippen molar-refractivity contribution in [3.05, 3.63) is 11.3 Å². The van der Waals surface area contributed by atoms with Crippen molar-refractivity contribution in [2.75, 3.05) is 13.7 Å². The van der Waals surface area contributed by atoms with Crippen LogP contribution >= 0.6 is 0 Å². The molecule has 1 rings (SSSR count). The Morgan fingerprint density at radius 2 is 2.29 bits per heavy atom. The van der Waals surface area contributed by atoms with Crippen LogP contribution in [0.2, 0.25) is 0 Å². The first kappa shape index (κ1) is 10.8. The van der Waals surface area contributed by atoms with E-state index in [-0.39, 0.29) is 5.97 Å². The van der Waals surface area contributed by atoms with Crippen molar-refractivity contribution in [3.8, 4) is 0 Å². The highest BCUT2D eigenvalue weighted by molar-refractivity contribution is 6.43. The average Bonchev–Trinajstić information content (AvgIpc) is 2.60. The first-order valence-electron chi connectivity index (χ1n) is 4.81. The first-order valence-corrected chi connectivity index (χ1v) is 4.81. The summed E-state index contributed by atoms with van der Waals surface area (Å²) in [4.78, 5) is 15.5. The predicted octanol–water partition coefficient (Wildman–Crippen LogP) is 1.02. The molecule has 0 aromatic carbocycles. The van der Waals surface area contributed by atoms with Crippen molar-refractivity contribution in [3.63, 3.8) is 0 Å². The number of hydrogen-bond donors (Lipinski definition) is 1. The van der Waals surface area contributed by atoms with Crippen LogP contribution in [0.3, 0.4) is 0 Å². The molecule has 0 heterocycles. The van der Waals surface area contributed by atoms with Gasteiger partial charge < -0.3 is 10.5 Å². The van der Waals surface area contributed by atoms with Gasteiger partial charge in [0.15, 0.2) is 0 Å². The first-order chi connectivity index (χ1) is 6.70. The second kappa shape index (κ2) is 4.79. The molecule has 0 saturated heterocycles. The van der Waals surface area contributed by atoms with E-state index in [1.807, 2.05) is 6.92 Å². The van der Waals surface area contributed by atoms with Crippen molar-refractivity contribution < 1.29 is 9.53 Å². The van der Waals surface area contributed by atoms with Gasteiger partial charge in [-0.2, -0.15) is 0 Å². The third-order valence-corrected chi connectivity index (χ3v) is 2.24. The fourth-order valence-corrected chi connectivity index (χ4v) is 1.58. The number of methoxy groups -OCH3 is 1. The highest BCUT2D eigenvalue weighted by Crippen LogP contribution is 2.23. The molecule has 0 atom stereocenters. The van der Waals surface area contributed by atoms with Crippen LogP contribution in [0.15, 0.2) is 16.3 Å². The zero-order valence-corrected chi connectivity index (χ0v) is 8.67. The zero-order valence-electron chi connectivity index (χ0n) is 8.67. The number of nitrogens with two attached hydrogens (primary N) is 1. The summed E-state index contributed by atoms with van der Waals surface area (Å²) < 4.78 is 4.67. The number of carbonyl (C=O) groups is 1. The van der Waals surface area contributed by atoms with E-state index in [1.54, 1.807) is 0 Å². The maximum atomic E-state index is 11.4. The van der Waals surface area contributed by atoms with Crippen molar-refractivity contribution in [1.29, 1.82) is 0 Å². The summed E-state index contributed by atoms with van der Waals surface area (Å²) in [6.07, 6.45) is 2.69. The standard InChI is InChI=1S/C10H16N2O2/c1-3-12-9(10(13)14-2)7-5-4-6-8(7)11/h3-6,11H2,1-2H3. The average molecular weight is 196 g/mol. The lowest BCUT2D eigenvalue weighted by molar-refractivity contribution is -0.132. The Hall–Kier alpha value is -1.32. The summed E-state index contributed by atoms with van der Waals surface area (Å²) in [6, 6.07) is 0. The van der Waals surface area contributed by atoms with Crippen LogP contribution in [0, 0.1) is 0 Å². The lowest BCUT2D eigenvalue weighted by Gasteiger charge is -2.06. The Balaban J connectivity index is 2.94. The molecule has 1 aliphatic carbocycles.